The van der Waals surface area contributed by atoms with Crippen molar-refractivity contribution in [3.8, 4) is 5.75 Å². The Bertz CT molecular complexity index is 599. The van der Waals surface area contributed by atoms with E-state index in [1.54, 1.807) is 17.6 Å². The van der Waals surface area contributed by atoms with Gasteiger partial charge in [-0.3, -0.25) is 10.0 Å². The highest BCUT2D eigenvalue weighted by Crippen LogP contribution is 2.26. The molecule has 8 heteroatoms. The van der Waals surface area contributed by atoms with Crippen molar-refractivity contribution in [2.24, 2.45) is 0 Å². The molecule has 1 aliphatic heterocycles. The van der Waals surface area contributed by atoms with Crippen LogP contribution in [-0.4, -0.2) is 43.5 Å². The average molecular weight is 314 g/mol. The monoisotopic (exact) mass is 314 g/mol. The van der Waals surface area contributed by atoms with Gasteiger partial charge in [-0.25, -0.2) is 13.9 Å². The van der Waals surface area contributed by atoms with Crippen molar-refractivity contribution in [2.75, 3.05) is 13.7 Å². The molecule has 0 spiro atoms. The third-order valence-electron chi connectivity index (χ3n) is 3.53. The molecule has 7 nitrogen and oxygen atoms in total. The first kappa shape index (κ1) is 15.7. The summed E-state index contributed by atoms with van der Waals surface area (Å²) in [5.74, 6) is -0.149. The highest BCUT2D eigenvalue weighted by molar-refractivity contribution is 7.89. The molecule has 0 bridgehead atoms. The number of amides is 1. The highest BCUT2D eigenvalue weighted by Gasteiger charge is 2.37. The Morgan fingerprint density at radius 2 is 2.00 bits per heavy atom. The predicted octanol–water partition coefficient (Wildman–Crippen LogP) is 0.744. The molecular formula is C13H18N2O5S. The maximum Gasteiger partial charge on any atom is 0.261 e. The molecule has 0 aliphatic carbocycles. The van der Waals surface area contributed by atoms with Gasteiger partial charge in [0.2, 0.25) is 10.0 Å². The molecule has 1 heterocycles. The van der Waals surface area contributed by atoms with Crippen LogP contribution < -0.4 is 10.2 Å². The first-order chi connectivity index (χ1) is 10.0. The van der Waals surface area contributed by atoms with Crippen LogP contribution in [-0.2, 0) is 14.8 Å². The van der Waals surface area contributed by atoms with Gasteiger partial charge in [0.25, 0.3) is 5.91 Å². The lowest BCUT2D eigenvalue weighted by molar-refractivity contribution is -0.134. The van der Waals surface area contributed by atoms with Crippen molar-refractivity contribution in [2.45, 2.75) is 30.2 Å². The van der Waals surface area contributed by atoms with Gasteiger partial charge < -0.3 is 4.74 Å². The lowest BCUT2D eigenvalue weighted by Crippen LogP contribution is -2.51. The lowest BCUT2D eigenvalue weighted by Gasteiger charge is -2.33. The Morgan fingerprint density at radius 1 is 1.33 bits per heavy atom. The summed E-state index contributed by atoms with van der Waals surface area (Å²) in [6.07, 6.45) is 1.82. The van der Waals surface area contributed by atoms with Crippen molar-refractivity contribution < 1.29 is 23.2 Å². The fraction of sp³-hybridized carbons (Fsp3) is 0.462. The zero-order valence-electron chi connectivity index (χ0n) is 11.7. The molecule has 0 aromatic heterocycles. The summed E-state index contributed by atoms with van der Waals surface area (Å²) in [5.41, 5.74) is 1.54. The molecule has 1 fully saturated rings. The van der Waals surface area contributed by atoms with Crippen molar-refractivity contribution in [3.05, 3.63) is 24.3 Å². The van der Waals surface area contributed by atoms with Gasteiger partial charge in [0.15, 0.2) is 0 Å². The van der Waals surface area contributed by atoms with Gasteiger partial charge in [-0.15, -0.1) is 0 Å². The zero-order chi connectivity index (χ0) is 15.5. The molecule has 1 aromatic carbocycles. The summed E-state index contributed by atoms with van der Waals surface area (Å²) < 4.78 is 31.4. The fourth-order valence-electron chi connectivity index (χ4n) is 2.41. The topological polar surface area (TPSA) is 95.9 Å². The van der Waals surface area contributed by atoms with E-state index < -0.39 is 22.0 Å². The molecule has 1 aromatic rings. The van der Waals surface area contributed by atoms with Crippen LogP contribution >= 0.6 is 0 Å². The van der Waals surface area contributed by atoms with Crippen LogP contribution in [0.5, 0.6) is 5.75 Å². The second-order valence-electron chi connectivity index (χ2n) is 4.78. The molecule has 1 saturated heterocycles. The van der Waals surface area contributed by atoms with E-state index in [9.17, 15) is 13.2 Å². The number of hydrogen-bond donors (Lipinski definition) is 2. The number of piperidine rings is 1. The van der Waals surface area contributed by atoms with Gasteiger partial charge in [0.1, 0.15) is 11.8 Å². The van der Waals surface area contributed by atoms with Crippen molar-refractivity contribution in [1.82, 2.24) is 9.79 Å². The number of rotatable bonds is 4. The number of sulfonamides is 1. The fourth-order valence-corrected chi connectivity index (χ4v) is 4.07. The number of benzene rings is 1. The number of carbonyl (C=O) groups is 1. The van der Waals surface area contributed by atoms with Crippen LogP contribution in [0.1, 0.15) is 19.3 Å². The van der Waals surface area contributed by atoms with Crippen LogP contribution in [0.25, 0.3) is 0 Å². The highest BCUT2D eigenvalue weighted by atomic mass is 32.2. The van der Waals surface area contributed by atoms with Gasteiger partial charge in [0, 0.05) is 6.54 Å². The number of methoxy groups -OCH3 is 1. The normalized spacial score (nSPS) is 20.0. The summed E-state index contributed by atoms with van der Waals surface area (Å²) in [6, 6.07) is 5.11. The van der Waals surface area contributed by atoms with Crippen molar-refractivity contribution in [3.63, 3.8) is 0 Å². The van der Waals surface area contributed by atoms with Crippen LogP contribution in [0.15, 0.2) is 29.2 Å². The predicted molar refractivity (Wildman–Crippen MR) is 74.5 cm³/mol. The molecular weight excluding hydrogens is 296 g/mol. The summed E-state index contributed by atoms with van der Waals surface area (Å²) in [4.78, 5) is 11.8. The van der Waals surface area contributed by atoms with E-state index >= 15 is 0 Å². The van der Waals surface area contributed by atoms with E-state index in [1.165, 1.54) is 19.2 Å². The number of nitrogens with one attached hydrogen (secondary N) is 1. The van der Waals surface area contributed by atoms with E-state index in [1.807, 2.05) is 0 Å². The summed E-state index contributed by atoms with van der Waals surface area (Å²) in [6.45, 7) is 0.256. The number of hydroxylamine groups is 1. The Morgan fingerprint density at radius 3 is 2.57 bits per heavy atom. The van der Waals surface area contributed by atoms with E-state index in [0.29, 0.717) is 18.6 Å². The largest absolute Gasteiger partial charge is 0.497 e. The smallest absolute Gasteiger partial charge is 0.261 e. The molecule has 1 aliphatic rings. The molecule has 1 atom stereocenters. The van der Waals surface area contributed by atoms with E-state index in [4.69, 9.17) is 9.94 Å². The van der Waals surface area contributed by atoms with Crippen molar-refractivity contribution in [1.29, 1.82) is 0 Å². The van der Waals surface area contributed by atoms with Crippen molar-refractivity contribution >= 4 is 15.9 Å². The van der Waals surface area contributed by atoms with Crippen LogP contribution in [0.2, 0.25) is 0 Å². The molecule has 21 heavy (non-hydrogen) atoms. The Hall–Kier alpha value is -1.64. The Balaban J connectivity index is 2.33. The van der Waals surface area contributed by atoms with Gasteiger partial charge in [-0.2, -0.15) is 4.31 Å². The van der Waals surface area contributed by atoms with Crippen LogP contribution in [0.4, 0.5) is 0 Å². The third kappa shape index (κ3) is 3.17. The molecule has 0 saturated carbocycles. The van der Waals surface area contributed by atoms with Gasteiger partial charge in [-0.05, 0) is 37.1 Å². The van der Waals surface area contributed by atoms with Crippen LogP contribution in [0.3, 0.4) is 0 Å². The van der Waals surface area contributed by atoms with E-state index in [0.717, 1.165) is 10.7 Å². The molecule has 2 rings (SSSR count). The SMILES string of the molecule is COc1ccc(S(=O)(=O)N2CCCC[C@@H]2C(=O)NO)cc1. The second-order valence-corrected chi connectivity index (χ2v) is 6.67. The van der Waals surface area contributed by atoms with Crippen LogP contribution in [0, 0.1) is 0 Å². The minimum atomic E-state index is -3.79. The zero-order valence-corrected chi connectivity index (χ0v) is 12.5. The molecule has 2 N–H and O–H groups in total. The maximum absolute atomic E-state index is 12.6. The molecule has 116 valence electrons. The average Bonchev–Trinajstić information content (AvgIpc) is 2.54. The summed E-state index contributed by atoms with van der Waals surface area (Å²) >= 11 is 0. The number of hydrogen-bond acceptors (Lipinski definition) is 5. The standard InChI is InChI=1S/C13H18N2O5S/c1-20-10-5-7-11(8-6-10)21(18,19)15-9-3-2-4-12(15)13(16)14-17/h5-8,12,17H,2-4,9H2,1H3,(H,14,16)/t12-/m1/s1. The summed E-state index contributed by atoms with van der Waals surface area (Å²) in [7, 11) is -2.29. The Kier molecular flexibility index (Phi) is 4.81. The van der Waals surface area contributed by atoms with E-state index in [2.05, 4.69) is 0 Å². The lowest BCUT2D eigenvalue weighted by atomic mass is 10.0. The molecule has 1 amide bonds. The minimum absolute atomic E-state index is 0.0981. The summed E-state index contributed by atoms with van der Waals surface area (Å²) in [5, 5.41) is 8.77. The van der Waals surface area contributed by atoms with Gasteiger partial charge in [-0.1, -0.05) is 6.42 Å². The molecule has 0 unspecified atom stereocenters. The van der Waals surface area contributed by atoms with E-state index in [-0.39, 0.29) is 11.4 Å². The minimum Gasteiger partial charge on any atom is -0.497 e. The quantitative estimate of drug-likeness (QED) is 0.631. The number of carbonyl (C=O) groups excluding carboxylic acids is 1. The Labute approximate surface area is 123 Å². The number of ether oxygens (including phenoxy) is 1. The molecule has 0 radical (unpaired) electrons. The van der Waals surface area contributed by atoms with Gasteiger partial charge in [0.05, 0.1) is 12.0 Å². The first-order valence-electron chi connectivity index (χ1n) is 6.60. The van der Waals surface area contributed by atoms with Gasteiger partial charge >= 0.3 is 0 Å². The second kappa shape index (κ2) is 6.42. The third-order valence-corrected chi connectivity index (χ3v) is 5.45. The maximum atomic E-state index is 12.6. The number of nitrogens with zero attached hydrogens (tertiary/aromatic N) is 1. The first-order valence-corrected chi connectivity index (χ1v) is 8.04.